The first kappa shape index (κ1) is 11.0. The van der Waals surface area contributed by atoms with Crippen LogP contribution >= 0.6 is 0 Å². The Hall–Kier alpha value is -1.15. The lowest BCUT2D eigenvalue weighted by atomic mass is 9.89. The van der Waals surface area contributed by atoms with Gasteiger partial charge >= 0.3 is 0 Å². The van der Waals surface area contributed by atoms with Crippen LogP contribution < -0.4 is 0 Å². The lowest BCUT2D eigenvalue weighted by molar-refractivity contribution is 0.104. The summed E-state index contributed by atoms with van der Waals surface area (Å²) in [5.74, 6) is -0.139. The Morgan fingerprint density at radius 2 is 1.94 bits per heavy atom. The molecule has 0 amide bonds. The number of rotatable bonds is 1. The van der Waals surface area contributed by atoms with Gasteiger partial charge in [-0.25, -0.2) is 4.39 Å². The molecule has 3 rings (SSSR count). The molecule has 0 aliphatic carbocycles. The number of nitrogens with zero attached hydrogens (tertiary/aromatic N) is 1. The standard InChI is InChI=1S/C15H18FN/c16-13-9-7-12(8-10-13)15-6-3-5-14-4-1-2-11-17(14)15/h1,4,7-10,14-15H,2-3,5-6,11H2/t14-,15-/m1/s1. The van der Waals surface area contributed by atoms with Crippen molar-refractivity contribution in [2.45, 2.75) is 37.8 Å². The highest BCUT2D eigenvalue weighted by Crippen LogP contribution is 2.36. The molecule has 0 saturated carbocycles. The molecule has 0 unspecified atom stereocenters. The zero-order chi connectivity index (χ0) is 11.7. The van der Waals surface area contributed by atoms with E-state index in [1.165, 1.54) is 24.8 Å². The minimum Gasteiger partial charge on any atom is -0.290 e. The molecule has 2 atom stereocenters. The molecule has 90 valence electrons. The summed E-state index contributed by atoms with van der Waals surface area (Å²) in [7, 11) is 0. The van der Waals surface area contributed by atoms with Crippen LogP contribution in [0.2, 0.25) is 0 Å². The van der Waals surface area contributed by atoms with Gasteiger partial charge in [-0.05, 0) is 43.4 Å². The predicted molar refractivity (Wildman–Crippen MR) is 67.2 cm³/mol. The van der Waals surface area contributed by atoms with Crippen molar-refractivity contribution in [3.8, 4) is 0 Å². The minimum atomic E-state index is -0.139. The minimum absolute atomic E-state index is 0.139. The summed E-state index contributed by atoms with van der Waals surface area (Å²) >= 11 is 0. The third-order valence-corrected chi connectivity index (χ3v) is 3.97. The molecule has 2 aliphatic heterocycles. The van der Waals surface area contributed by atoms with Crippen molar-refractivity contribution >= 4 is 0 Å². The number of hydrogen-bond donors (Lipinski definition) is 0. The summed E-state index contributed by atoms with van der Waals surface area (Å²) in [4.78, 5) is 2.58. The van der Waals surface area contributed by atoms with E-state index >= 15 is 0 Å². The first-order valence-electron chi connectivity index (χ1n) is 6.52. The van der Waals surface area contributed by atoms with Crippen LogP contribution in [0.3, 0.4) is 0 Å². The van der Waals surface area contributed by atoms with Gasteiger partial charge in [0, 0.05) is 18.6 Å². The van der Waals surface area contributed by atoms with Crippen molar-refractivity contribution in [3.05, 3.63) is 47.8 Å². The summed E-state index contributed by atoms with van der Waals surface area (Å²) in [6.45, 7) is 1.14. The van der Waals surface area contributed by atoms with Gasteiger partial charge < -0.3 is 0 Å². The van der Waals surface area contributed by atoms with E-state index < -0.39 is 0 Å². The fraction of sp³-hybridized carbons (Fsp3) is 0.467. The maximum Gasteiger partial charge on any atom is 0.123 e. The number of benzene rings is 1. The summed E-state index contributed by atoms with van der Waals surface area (Å²) < 4.78 is 13.0. The Morgan fingerprint density at radius 1 is 1.12 bits per heavy atom. The molecule has 0 bridgehead atoms. The molecule has 0 spiro atoms. The van der Waals surface area contributed by atoms with Crippen LogP contribution in [0, 0.1) is 5.82 Å². The van der Waals surface area contributed by atoms with Gasteiger partial charge in [-0.1, -0.05) is 24.3 Å². The lowest BCUT2D eigenvalue weighted by Gasteiger charge is -2.43. The molecule has 0 N–H and O–H groups in total. The second-order valence-electron chi connectivity index (χ2n) is 5.02. The molecule has 17 heavy (non-hydrogen) atoms. The fourth-order valence-electron chi connectivity index (χ4n) is 3.13. The molecular formula is C15H18FN. The second kappa shape index (κ2) is 4.61. The van der Waals surface area contributed by atoms with E-state index in [0.29, 0.717) is 12.1 Å². The van der Waals surface area contributed by atoms with Gasteiger partial charge in [0.15, 0.2) is 0 Å². The first-order chi connectivity index (χ1) is 8.34. The molecule has 2 aliphatic rings. The molecule has 2 heteroatoms. The molecule has 2 heterocycles. The van der Waals surface area contributed by atoms with E-state index in [0.717, 1.165) is 13.0 Å². The largest absolute Gasteiger partial charge is 0.290 e. The van der Waals surface area contributed by atoms with E-state index in [2.05, 4.69) is 17.1 Å². The SMILES string of the molecule is Fc1ccc([C@H]2CCC[C@H]3C=CCCN32)cc1. The molecule has 0 radical (unpaired) electrons. The van der Waals surface area contributed by atoms with Crippen LogP contribution in [-0.2, 0) is 0 Å². The number of fused-ring (bicyclic) bond motifs is 1. The number of hydrogen-bond acceptors (Lipinski definition) is 1. The average Bonchev–Trinajstić information content (AvgIpc) is 2.39. The molecule has 1 aromatic rings. The first-order valence-corrected chi connectivity index (χ1v) is 6.52. The van der Waals surface area contributed by atoms with Gasteiger partial charge in [0.1, 0.15) is 5.82 Å². The van der Waals surface area contributed by atoms with Crippen LogP contribution in [0.15, 0.2) is 36.4 Å². The Bertz CT molecular complexity index is 409. The molecule has 1 saturated heterocycles. The van der Waals surface area contributed by atoms with Crippen LogP contribution in [-0.4, -0.2) is 17.5 Å². The lowest BCUT2D eigenvalue weighted by Crippen LogP contribution is -2.42. The van der Waals surface area contributed by atoms with Gasteiger partial charge in [0.25, 0.3) is 0 Å². The Balaban J connectivity index is 1.86. The summed E-state index contributed by atoms with van der Waals surface area (Å²) in [5.41, 5.74) is 1.27. The normalized spacial score (nSPS) is 29.0. The van der Waals surface area contributed by atoms with Gasteiger partial charge in [0.05, 0.1) is 0 Å². The molecule has 1 aromatic carbocycles. The Morgan fingerprint density at radius 3 is 2.76 bits per heavy atom. The zero-order valence-corrected chi connectivity index (χ0v) is 9.98. The van der Waals surface area contributed by atoms with Crippen molar-refractivity contribution < 1.29 is 4.39 Å². The summed E-state index contributed by atoms with van der Waals surface area (Å²) in [6, 6.07) is 8.14. The maximum absolute atomic E-state index is 13.0. The quantitative estimate of drug-likeness (QED) is 0.666. The molecule has 1 fully saturated rings. The Labute approximate surface area is 102 Å². The van der Waals surface area contributed by atoms with Crippen molar-refractivity contribution in [1.82, 2.24) is 4.90 Å². The maximum atomic E-state index is 13.0. The summed E-state index contributed by atoms with van der Waals surface area (Å²) in [6.07, 6.45) is 9.54. The highest BCUT2D eigenvalue weighted by atomic mass is 19.1. The van der Waals surface area contributed by atoms with E-state index in [1.807, 2.05) is 12.1 Å². The monoisotopic (exact) mass is 231 g/mol. The topological polar surface area (TPSA) is 3.24 Å². The van der Waals surface area contributed by atoms with E-state index in [9.17, 15) is 4.39 Å². The molecule has 0 aromatic heterocycles. The van der Waals surface area contributed by atoms with Crippen LogP contribution in [0.25, 0.3) is 0 Å². The average molecular weight is 231 g/mol. The Kier molecular flexibility index (Phi) is 2.98. The van der Waals surface area contributed by atoms with E-state index in [-0.39, 0.29) is 5.82 Å². The smallest absolute Gasteiger partial charge is 0.123 e. The van der Waals surface area contributed by atoms with Crippen LogP contribution in [0.4, 0.5) is 4.39 Å². The van der Waals surface area contributed by atoms with Gasteiger partial charge in [-0.2, -0.15) is 0 Å². The fourth-order valence-corrected chi connectivity index (χ4v) is 3.13. The highest BCUT2D eigenvalue weighted by Gasteiger charge is 2.30. The highest BCUT2D eigenvalue weighted by molar-refractivity contribution is 5.22. The number of halogens is 1. The van der Waals surface area contributed by atoms with Crippen molar-refractivity contribution in [1.29, 1.82) is 0 Å². The van der Waals surface area contributed by atoms with Crippen molar-refractivity contribution in [2.24, 2.45) is 0 Å². The van der Waals surface area contributed by atoms with E-state index in [4.69, 9.17) is 0 Å². The van der Waals surface area contributed by atoms with Crippen molar-refractivity contribution in [3.63, 3.8) is 0 Å². The van der Waals surface area contributed by atoms with Crippen molar-refractivity contribution in [2.75, 3.05) is 6.54 Å². The van der Waals surface area contributed by atoms with Gasteiger partial charge in [0.2, 0.25) is 0 Å². The van der Waals surface area contributed by atoms with Gasteiger partial charge in [-0.3, -0.25) is 4.90 Å². The molecular weight excluding hydrogens is 213 g/mol. The predicted octanol–water partition coefficient (Wildman–Crippen LogP) is 3.68. The number of piperidine rings is 1. The van der Waals surface area contributed by atoms with E-state index in [1.54, 1.807) is 12.1 Å². The van der Waals surface area contributed by atoms with Gasteiger partial charge in [-0.15, -0.1) is 0 Å². The van der Waals surface area contributed by atoms with Crippen LogP contribution in [0.1, 0.15) is 37.3 Å². The second-order valence-corrected chi connectivity index (χ2v) is 5.02. The summed E-state index contributed by atoms with van der Waals surface area (Å²) in [5, 5.41) is 0. The third-order valence-electron chi connectivity index (χ3n) is 3.97. The van der Waals surface area contributed by atoms with Crippen LogP contribution in [0.5, 0.6) is 0 Å². The zero-order valence-electron chi connectivity index (χ0n) is 9.98. The molecule has 1 nitrogen and oxygen atoms in total. The third kappa shape index (κ3) is 2.14.